The van der Waals surface area contributed by atoms with E-state index < -0.39 is 5.92 Å². The minimum Gasteiger partial charge on any atom is -0.409 e. The summed E-state index contributed by atoms with van der Waals surface area (Å²) in [6.45, 7) is 8.79. The zero-order valence-corrected chi connectivity index (χ0v) is 13.3. The third kappa shape index (κ3) is 3.31. The van der Waals surface area contributed by atoms with Crippen molar-refractivity contribution < 1.29 is 10.0 Å². The van der Waals surface area contributed by atoms with Crippen LogP contribution in [0.1, 0.15) is 40.0 Å². The van der Waals surface area contributed by atoms with Crippen LogP contribution in [-0.4, -0.2) is 58.5 Å². The number of carbonyl (C=O) groups excluding carboxylic acids is 1. The zero-order valence-electron chi connectivity index (χ0n) is 13.3. The molecule has 2 rings (SSSR count). The van der Waals surface area contributed by atoms with Gasteiger partial charge in [-0.25, -0.2) is 0 Å². The summed E-state index contributed by atoms with van der Waals surface area (Å²) in [5, 5.41) is 12.0. The SMILES string of the molecule is CC(C)C(C(=O)N1CC2CCCCN2CC1C)C(N)=NO. The Bertz CT molecular complexity index is 410. The van der Waals surface area contributed by atoms with E-state index in [9.17, 15) is 4.79 Å². The average molecular weight is 296 g/mol. The molecule has 2 fully saturated rings. The molecule has 0 aliphatic carbocycles. The molecule has 0 radical (unpaired) electrons. The lowest BCUT2D eigenvalue weighted by atomic mass is 9.90. The molecular formula is C15H28N4O2. The smallest absolute Gasteiger partial charge is 0.234 e. The van der Waals surface area contributed by atoms with Gasteiger partial charge in [0, 0.05) is 25.2 Å². The molecule has 0 aromatic heterocycles. The van der Waals surface area contributed by atoms with Gasteiger partial charge in [-0.2, -0.15) is 0 Å². The molecule has 2 heterocycles. The molecule has 0 spiro atoms. The van der Waals surface area contributed by atoms with Gasteiger partial charge in [0.2, 0.25) is 5.91 Å². The highest BCUT2D eigenvalue weighted by atomic mass is 16.4. The fourth-order valence-corrected chi connectivity index (χ4v) is 3.65. The minimum absolute atomic E-state index is 0.00183. The van der Waals surface area contributed by atoms with Crippen molar-refractivity contribution in [2.45, 2.75) is 52.1 Å². The average Bonchev–Trinajstić information content (AvgIpc) is 2.45. The van der Waals surface area contributed by atoms with Crippen LogP contribution in [0.15, 0.2) is 5.16 Å². The van der Waals surface area contributed by atoms with Gasteiger partial charge in [-0.3, -0.25) is 9.69 Å². The Morgan fingerprint density at radius 1 is 1.33 bits per heavy atom. The Morgan fingerprint density at radius 3 is 2.67 bits per heavy atom. The van der Waals surface area contributed by atoms with Gasteiger partial charge >= 0.3 is 0 Å². The van der Waals surface area contributed by atoms with Crippen LogP contribution in [0.5, 0.6) is 0 Å². The van der Waals surface area contributed by atoms with Crippen molar-refractivity contribution in [3.63, 3.8) is 0 Å². The van der Waals surface area contributed by atoms with Gasteiger partial charge < -0.3 is 15.8 Å². The number of hydrogen-bond donors (Lipinski definition) is 2. The first-order chi connectivity index (χ1) is 9.95. The molecule has 6 heteroatoms. The number of piperidine rings is 1. The highest BCUT2D eigenvalue weighted by Gasteiger charge is 2.39. The zero-order chi connectivity index (χ0) is 15.6. The van der Waals surface area contributed by atoms with Crippen molar-refractivity contribution >= 4 is 11.7 Å². The lowest BCUT2D eigenvalue weighted by Gasteiger charge is -2.48. The molecule has 3 N–H and O–H groups in total. The van der Waals surface area contributed by atoms with Crippen molar-refractivity contribution in [1.29, 1.82) is 0 Å². The molecule has 21 heavy (non-hydrogen) atoms. The maximum Gasteiger partial charge on any atom is 0.234 e. The van der Waals surface area contributed by atoms with E-state index in [2.05, 4.69) is 17.0 Å². The van der Waals surface area contributed by atoms with Crippen molar-refractivity contribution in [2.24, 2.45) is 22.7 Å². The maximum absolute atomic E-state index is 12.9. The number of fused-ring (bicyclic) bond motifs is 1. The van der Waals surface area contributed by atoms with Gasteiger partial charge in [0.25, 0.3) is 0 Å². The third-order valence-corrected chi connectivity index (χ3v) is 4.84. The molecule has 2 aliphatic heterocycles. The highest BCUT2D eigenvalue weighted by molar-refractivity contribution is 6.02. The van der Waals surface area contributed by atoms with E-state index in [0.29, 0.717) is 6.04 Å². The molecule has 2 aliphatic rings. The molecule has 1 amide bonds. The maximum atomic E-state index is 12.9. The van der Waals surface area contributed by atoms with E-state index in [4.69, 9.17) is 10.9 Å². The summed E-state index contributed by atoms with van der Waals surface area (Å²) >= 11 is 0. The Balaban J connectivity index is 2.13. The van der Waals surface area contributed by atoms with Gasteiger partial charge in [0.1, 0.15) is 5.92 Å². The molecule has 0 aromatic carbocycles. The summed E-state index contributed by atoms with van der Waals surface area (Å²) in [6, 6.07) is 0.651. The molecule has 3 unspecified atom stereocenters. The molecule has 0 aromatic rings. The summed E-state index contributed by atoms with van der Waals surface area (Å²) < 4.78 is 0. The number of oxime groups is 1. The fourth-order valence-electron chi connectivity index (χ4n) is 3.65. The van der Waals surface area contributed by atoms with E-state index in [-0.39, 0.29) is 23.7 Å². The largest absolute Gasteiger partial charge is 0.409 e. The first-order valence-electron chi connectivity index (χ1n) is 7.97. The number of piperazine rings is 1. The van der Waals surface area contributed by atoms with Crippen LogP contribution >= 0.6 is 0 Å². The van der Waals surface area contributed by atoms with Crippen molar-refractivity contribution in [1.82, 2.24) is 9.80 Å². The van der Waals surface area contributed by atoms with Crippen LogP contribution in [0.2, 0.25) is 0 Å². The van der Waals surface area contributed by atoms with Gasteiger partial charge in [0.05, 0.1) is 0 Å². The first kappa shape index (κ1) is 16.1. The van der Waals surface area contributed by atoms with Gasteiger partial charge in [-0.05, 0) is 32.2 Å². The van der Waals surface area contributed by atoms with E-state index >= 15 is 0 Å². The van der Waals surface area contributed by atoms with E-state index in [1.165, 1.54) is 12.8 Å². The number of amides is 1. The second-order valence-corrected chi connectivity index (χ2v) is 6.73. The molecule has 0 saturated carbocycles. The number of nitrogens with zero attached hydrogens (tertiary/aromatic N) is 3. The highest BCUT2D eigenvalue weighted by Crippen LogP contribution is 2.26. The number of hydrogen-bond acceptors (Lipinski definition) is 4. The quantitative estimate of drug-likeness (QED) is 0.353. The molecular weight excluding hydrogens is 268 g/mol. The van der Waals surface area contributed by atoms with Crippen molar-refractivity contribution in [2.75, 3.05) is 19.6 Å². The summed E-state index contributed by atoms with van der Waals surface area (Å²) in [5.74, 6) is -0.496. The monoisotopic (exact) mass is 296 g/mol. The van der Waals surface area contributed by atoms with Crippen LogP contribution in [-0.2, 0) is 4.79 Å². The molecule has 3 atom stereocenters. The van der Waals surface area contributed by atoms with Gasteiger partial charge in [-0.15, -0.1) is 0 Å². The van der Waals surface area contributed by atoms with E-state index in [1.807, 2.05) is 18.7 Å². The van der Waals surface area contributed by atoms with Crippen LogP contribution < -0.4 is 5.73 Å². The number of amidine groups is 1. The summed E-state index contributed by atoms with van der Waals surface area (Å²) in [5.41, 5.74) is 5.75. The molecule has 0 bridgehead atoms. The lowest BCUT2D eigenvalue weighted by molar-refractivity contribution is -0.141. The molecule has 2 saturated heterocycles. The summed E-state index contributed by atoms with van der Waals surface area (Å²) in [6.07, 6.45) is 3.66. The predicted molar refractivity (Wildman–Crippen MR) is 82.1 cm³/mol. The topological polar surface area (TPSA) is 82.2 Å². The number of nitrogens with two attached hydrogens (primary N) is 1. The summed E-state index contributed by atoms with van der Waals surface area (Å²) in [7, 11) is 0. The minimum atomic E-state index is -0.535. The van der Waals surface area contributed by atoms with Crippen LogP contribution in [0.4, 0.5) is 0 Å². The number of rotatable bonds is 3. The van der Waals surface area contributed by atoms with Crippen LogP contribution in [0.25, 0.3) is 0 Å². The fraction of sp³-hybridized carbons (Fsp3) is 0.867. The van der Waals surface area contributed by atoms with Gasteiger partial charge in [-0.1, -0.05) is 25.4 Å². The molecule has 6 nitrogen and oxygen atoms in total. The van der Waals surface area contributed by atoms with Gasteiger partial charge in [0.15, 0.2) is 5.84 Å². The molecule has 120 valence electrons. The standard InChI is InChI=1S/C15H28N4O2/c1-10(2)13(14(16)17-21)15(20)19-9-12-6-4-5-7-18(12)8-11(19)3/h10-13,21H,4-9H2,1-3H3,(H2,16,17). The lowest BCUT2D eigenvalue weighted by Crippen LogP contribution is -2.62. The van der Waals surface area contributed by atoms with Crippen molar-refractivity contribution in [3.05, 3.63) is 0 Å². The first-order valence-corrected chi connectivity index (χ1v) is 7.97. The Kier molecular flexibility index (Phi) is 5.08. The Morgan fingerprint density at radius 2 is 2.05 bits per heavy atom. The Labute approximate surface area is 127 Å². The normalized spacial score (nSPS) is 29.3. The second-order valence-electron chi connectivity index (χ2n) is 6.73. The van der Waals surface area contributed by atoms with E-state index in [1.54, 1.807) is 0 Å². The third-order valence-electron chi connectivity index (χ3n) is 4.84. The van der Waals surface area contributed by atoms with Crippen LogP contribution in [0, 0.1) is 11.8 Å². The Hall–Kier alpha value is -1.30. The summed E-state index contributed by atoms with van der Waals surface area (Å²) in [4.78, 5) is 17.3. The second kappa shape index (κ2) is 6.64. The van der Waals surface area contributed by atoms with E-state index in [0.717, 1.165) is 26.1 Å². The number of carbonyl (C=O) groups is 1. The van der Waals surface area contributed by atoms with Crippen LogP contribution in [0.3, 0.4) is 0 Å². The predicted octanol–water partition coefficient (Wildman–Crippen LogP) is 1.09. The van der Waals surface area contributed by atoms with Crippen molar-refractivity contribution in [3.8, 4) is 0 Å².